The molecule has 0 spiro atoms. The third-order valence-electron chi connectivity index (χ3n) is 4.28. The number of hydrogen-bond donors (Lipinski definition) is 0. The Kier molecular flexibility index (Phi) is 7.75. The molecule has 4 nitrogen and oxygen atoms in total. The molecular weight excluding hydrogens is 482 g/mol. The number of ether oxygens (including phenoxy) is 2. The standard InChI is InChI=1S/C23H22BrNO3S2/c1-4-7-16-12-15(13-19(27-5-2)21(16)28-6-3)14-20-22(26)25(23(29)30-20)18-10-8-17(24)9-11-18/h4,8-14H,1,5-7H2,2-3H3/b20-14+. The normalized spacial score (nSPS) is 15.0. The zero-order valence-electron chi connectivity index (χ0n) is 16.8. The number of benzene rings is 2. The molecule has 30 heavy (non-hydrogen) atoms. The summed E-state index contributed by atoms with van der Waals surface area (Å²) in [4.78, 5) is 15.2. The summed E-state index contributed by atoms with van der Waals surface area (Å²) >= 11 is 10.2. The van der Waals surface area contributed by atoms with Crippen molar-refractivity contribution in [2.75, 3.05) is 18.1 Å². The molecule has 0 atom stereocenters. The molecule has 1 amide bonds. The summed E-state index contributed by atoms with van der Waals surface area (Å²) in [6.07, 6.45) is 4.31. The fourth-order valence-electron chi connectivity index (χ4n) is 3.08. The van der Waals surface area contributed by atoms with Crippen LogP contribution in [0.1, 0.15) is 25.0 Å². The Hall–Kier alpha value is -2.09. The van der Waals surface area contributed by atoms with Crippen LogP contribution in [0.4, 0.5) is 5.69 Å². The second-order valence-electron chi connectivity index (χ2n) is 6.36. The van der Waals surface area contributed by atoms with E-state index in [1.807, 2.05) is 62.4 Å². The highest BCUT2D eigenvalue weighted by molar-refractivity contribution is 9.10. The fraction of sp³-hybridized carbons (Fsp3) is 0.217. The van der Waals surface area contributed by atoms with E-state index in [0.29, 0.717) is 34.6 Å². The predicted molar refractivity (Wildman–Crippen MR) is 132 cm³/mol. The summed E-state index contributed by atoms with van der Waals surface area (Å²) < 4.78 is 13.1. The lowest BCUT2D eigenvalue weighted by Crippen LogP contribution is -2.27. The highest BCUT2D eigenvalue weighted by Crippen LogP contribution is 2.39. The lowest BCUT2D eigenvalue weighted by atomic mass is 10.0. The Morgan fingerprint density at radius 1 is 1.17 bits per heavy atom. The van der Waals surface area contributed by atoms with Crippen LogP contribution < -0.4 is 14.4 Å². The van der Waals surface area contributed by atoms with Crippen molar-refractivity contribution in [3.05, 3.63) is 69.6 Å². The van der Waals surface area contributed by atoms with Gasteiger partial charge < -0.3 is 9.47 Å². The first-order valence-electron chi connectivity index (χ1n) is 9.55. The van der Waals surface area contributed by atoms with Crippen LogP contribution in [0.2, 0.25) is 0 Å². The molecule has 0 bridgehead atoms. The molecule has 0 saturated carbocycles. The van der Waals surface area contributed by atoms with Gasteiger partial charge in [-0.05, 0) is 68.3 Å². The Labute approximate surface area is 195 Å². The van der Waals surface area contributed by atoms with E-state index in [2.05, 4.69) is 22.5 Å². The average molecular weight is 504 g/mol. The predicted octanol–water partition coefficient (Wildman–Crippen LogP) is 6.38. The van der Waals surface area contributed by atoms with Crippen LogP contribution in [0.25, 0.3) is 6.08 Å². The number of carbonyl (C=O) groups is 1. The maximum absolute atomic E-state index is 13.1. The summed E-state index contributed by atoms with van der Waals surface area (Å²) in [6, 6.07) is 11.4. The van der Waals surface area contributed by atoms with Gasteiger partial charge in [0.2, 0.25) is 0 Å². The summed E-state index contributed by atoms with van der Waals surface area (Å²) in [7, 11) is 0. The van der Waals surface area contributed by atoms with Gasteiger partial charge in [-0.25, -0.2) is 0 Å². The number of allylic oxidation sites excluding steroid dienone is 1. The van der Waals surface area contributed by atoms with Crippen LogP contribution in [-0.2, 0) is 11.2 Å². The van der Waals surface area contributed by atoms with Gasteiger partial charge in [-0.1, -0.05) is 46.0 Å². The third-order valence-corrected chi connectivity index (χ3v) is 6.11. The van der Waals surface area contributed by atoms with Gasteiger partial charge in [-0.2, -0.15) is 0 Å². The van der Waals surface area contributed by atoms with Gasteiger partial charge in [0.15, 0.2) is 15.8 Å². The van der Waals surface area contributed by atoms with Gasteiger partial charge >= 0.3 is 0 Å². The van der Waals surface area contributed by atoms with Crippen LogP contribution in [0.15, 0.2) is 58.4 Å². The van der Waals surface area contributed by atoms with Crippen LogP contribution >= 0.6 is 39.9 Å². The van der Waals surface area contributed by atoms with E-state index in [4.69, 9.17) is 21.7 Å². The number of rotatable bonds is 8. The molecule has 0 aromatic heterocycles. The number of carbonyl (C=O) groups excluding carboxylic acids is 1. The molecule has 1 heterocycles. The summed E-state index contributed by atoms with van der Waals surface area (Å²) in [6.45, 7) is 8.76. The summed E-state index contributed by atoms with van der Waals surface area (Å²) in [5, 5.41) is 0. The Bertz CT molecular complexity index is 1000. The van der Waals surface area contributed by atoms with E-state index >= 15 is 0 Å². The van der Waals surface area contributed by atoms with Crippen molar-refractivity contribution < 1.29 is 14.3 Å². The molecule has 2 aromatic carbocycles. The van der Waals surface area contributed by atoms with Crippen molar-refractivity contribution in [3.8, 4) is 11.5 Å². The second kappa shape index (κ2) is 10.3. The first kappa shape index (κ1) is 22.6. The number of thiocarbonyl (C=S) groups is 1. The minimum absolute atomic E-state index is 0.135. The smallest absolute Gasteiger partial charge is 0.270 e. The van der Waals surface area contributed by atoms with Crippen LogP contribution in [-0.4, -0.2) is 23.4 Å². The van der Waals surface area contributed by atoms with Crippen molar-refractivity contribution >= 4 is 61.9 Å². The maximum Gasteiger partial charge on any atom is 0.270 e. The zero-order chi connectivity index (χ0) is 21.7. The number of nitrogens with zero attached hydrogens (tertiary/aromatic N) is 1. The molecule has 2 aromatic rings. The van der Waals surface area contributed by atoms with Crippen molar-refractivity contribution in [2.45, 2.75) is 20.3 Å². The number of anilines is 1. The molecule has 1 aliphatic heterocycles. The van der Waals surface area contributed by atoms with E-state index in [1.165, 1.54) is 11.8 Å². The first-order valence-corrected chi connectivity index (χ1v) is 11.6. The van der Waals surface area contributed by atoms with Gasteiger partial charge in [-0.15, -0.1) is 6.58 Å². The van der Waals surface area contributed by atoms with Gasteiger partial charge in [0.25, 0.3) is 5.91 Å². The molecule has 0 radical (unpaired) electrons. The Balaban J connectivity index is 1.99. The van der Waals surface area contributed by atoms with E-state index in [-0.39, 0.29) is 5.91 Å². The SMILES string of the molecule is C=CCc1cc(/C=C2/SC(=S)N(c3ccc(Br)cc3)C2=O)cc(OCC)c1OCC. The van der Waals surface area contributed by atoms with Gasteiger partial charge in [0.1, 0.15) is 0 Å². The Morgan fingerprint density at radius 3 is 2.50 bits per heavy atom. The molecule has 7 heteroatoms. The highest BCUT2D eigenvalue weighted by atomic mass is 79.9. The topological polar surface area (TPSA) is 38.8 Å². The summed E-state index contributed by atoms with van der Waals surface area (Å²) in [5.41, 5.74) is 2.57. The molecule has 0 aliphatic carbocycles. The van der Waals surface area contributed by atoms with Crippen molar-refractivity contribution in [3.63, 3.8) is 0 Å². The van der Waals surface area contributed by atoms with Crippen molar-refractivity contribution in [1.82, 2.24) is 0 Å². The van der Waals surface area contributed by atoms with E-state index in [0.717, 1.165) is 27.0 Å². The molecular formula is C23H22BrNO3S2. The number of hydrogen-bond acceptors (Lipinski definition) is 5. The number of thioether (sulfide) groups is 1. The van der Waals surface area contributed by atoms with Gasteiger partial charge in [-0.3, -0.25) is 9.69 Å². The monoisotopic (exact) mass is 503 g/mol. The maximum atomic E-state index is 13.1. The van der Waals surface area contributed by atoms with Crippen molar-refractivity contribution in [1.29, 1.82) is 0 Å². The molecule has 0 N–H and O–H groups in total. The van der Waals surface area contributed by atoms with Crippen molar-refractivity contribution in [2.24, 2.45) is 0 Å². The number of halogens is 1. The van der Waals surface area contributed by atoms with Crippen LogP contribution in [0, 0.1) is 0 Å². The first-order chi connectivity index (χ1) is 14.5. The second-order valence-corrected chi connectivity index (χ2v) is 8.95. The fourth-order valence-corrected chi connectivity index (χ4v) is 4.64. The third kappa shape index (κ3) is 4.96. The highest BCUT2D eigenvalue weighted by Gasteiger charge is 2.33. The lowest BCUT2D eigenvalue weighted by Gasteiger charge is -2.16. The van der Waals surface area contributed by atoms with Gasteiger partial charge in [0.05, 0.1) is 23.8 Å². The summed E-state index contributed by atoms with van der Waals surface area (Å²) in [5.74, 6) is 1.25. The molecule has 1 aliphatic rings. The number of amides is 1. The quantitative estimate of drug-likeness (QED) is 0.237. The lowest BCUT2D eigenvalue weighted by molar-refractivity contribution is -0.113. The molecule has 156 valence electrons. The van der Waals surface area contributed by atoms with Gasteiger partial charge in [0, 0.05) is 10.0 Å². The van der Waals surface area contributed by atoms with Crippen LogP contribution in [0.3, 0.4) is 0 Å². The molecule has 1 fully saturated rings. The van der Waals surface area contributed by atoms with Crippen LogP contribution in [0.5, 0.6) is 11.5 Å². The molecule has 3 rings (SSSR count). The molecule has 1 saturated heterocycles. The minimum atomic E-state index is -0.135. The average Bonchev–Trinajstić information content (AvgIpc) is 2.99. The largest absolute Gasteiger partial charge is 0.490 e. The molecule has 0 unspecified atom stereocenters. The Morgan fingerprint density at radius 2 is 1.87 bits per heavy atom. The zero-order valence-corrected chi connectivity index (χ0v) is 20.0. The van der Waals surface area contributed by atoms with E-state index < -0.39 is 0 Å². The van der Waals surface area contributed by atoms with E-state index in [9.17, 15) is 4.79 Å². The minimum Gasteiger partial charge on any atom is -0.490 e. The van der Waals surface area contributed by atoms with E-state index in [1.54, 1.807) is 4.90 Å².